The fraction of sp³-hybridized carbons (Fsp3) is 0.467. The van der Waals surface area contributed by atoms with Gasteiger partial charge in [-0.05, 0) is 37.0 Å². The van der Waals surface area contributed by atoms with Gasteiger partial charge in [-0.3, -0.25) is 0 Å². The van der Waals surface area contributed by atoms with Gasteiger partial charge in [0, 0.05) is 11.5 Å². The molecule has 20 heavy (non-hydrogen) atoms. The van der Waals surface area contributed by atoms with E-state index in [1.165, 1.54) is 12.8 Å². The fourth-order valence-corrected chi connectivity index (χ4v) is 3.03. The number of halogens is 1. The number of nitrogen functional groups attached to an aromatic ring is 1. The summed E-state index contributed by atoms with van der Waals surface area (Å²) in [6, 6.07) is 5.36. The highest BCUT2D eigenvalue weighted by Gasteiger charge is 2.24. The van der Waals surface area contributed by atoms with Crippen LogP contribution >= 0.6 is 11.6 Å². The molecule has 2 atom stereocenters. The van der Waals surface area contributed by atoms with Gasteiger partial charge < -0.3 is 10.3 Å². The molecule has 0 bridgehead atoms. The molecule has 2 unspecified atom stereocenters. The SMILES string of the molecule is CC1CCCC(c2noc(-c3ccc(N)c(Cl)c3)n2)C1. The normalized spacial score (nSPS) is 22.9. The Balaban J connectivity index is 1.84. The molecule has 3 rings (SSSR count). The lowest BCUT2D eigenvalue weighted by molar-refractivity contribution is 0.324. The molecule has 106 valence electrons. The first-order valence-corrected chi connectivity index (χ1v) is 7.40. The molecule has 1 saturated carbocycles. The smallest absolute Gasteiger partial charge is 0.257 e. The van der Waals surface area contributed by atoms with Crippen molar-refractivity contribution >= 4 is 17.3 Å². The topological polar surface area (TPSA) is 64.9 Å². The minimum Gasteiger partial charge on any atom is -0.398 e. The Bertz CT molecular complexity index is 611. The molecule has 1 aliphatic rings. The maximum absolute atomic E-state index is 6.02. The predicted octanol–water partition coefficient (Wildman–Crippen LogP) is 4.27. The zero-order valence-electron chi connectivity index (χ0n) is 11.5. The highest BCUT2D eigenvalue weighted by molar-refractivity contribution is 6.33. The fourth-order valence-electron chi connectivity index (χ4n) is 2.85. The van der Waals surface area contributed by atoms with E-state index in [-0.39, 0.29) is 0 Å². The molecule has 0 radical (unpaired) electrons. The average Bonchev–Trinajstić information content (AvgIpc) is 2.92. The highest BCUT2D eigenvalue weighted by atomic mass is 35.5. The first-order valence-electron chi connectivity index (χ1n) is 7.02. The Labute approximate surface area is 123 Å². The molecule has 1 heterocycles. The molecular formula is C15H18ClN3O. The molecule has 2 N–H and O–H groups in total. The average molecular weight is 292 g/mol. The van der Waals surface area contributed by atoms with Crippen LogP contribution in [0.1, 0.15) is 44.3 Å². The van der Waals surface area contributed by atoms with Crippen LogP contribution < -0.4 is 5.73 Å². The summed E-state index contributed by atoms with van der Waals surface area (Å²) in [6.45, 7) is 2.28. The first-order chi connectivity index (χ1) is 9.63. The maximum Gasteiger partial charge on any atom is 0.257 e. The van der Waals surface area contributed by atoms with Crippen molar-refractivity contribution in [3.63, 3.8) is 0 Å². The summed E-state index contributed by atoms with van der Waals surface area (Å²) in [5.41, 5.74) is 7.07. The minimum atomic E-state index is 0.417. The summed E-state index contributed by atoms with van der Waals surface area (Å²) in [4.78, 5) is 4.53. The van der Waals surface area contributed by atoms with E-state index < -0.39 is 0 Å². The van der Waals surface area contributed by atoms with Gasteiger partial charge in [0.2, 0.25) is 0 Å². The van der Waals surface area contributed by atoms with Gasteiger partial charge in [-0.25, -0.2) is 0 Å². The van der Waals surface area contributed by atoms with Crippen LogP contribution in [0.4, 0.5) is 5.69 Å². The molecule has 1 aliphatic carbocycles. The van der Waals surface area contributed by atoms with Crippen molar-refractivity contribution in [1.29, 1.82) is 0 Å². The van der Waals surface area contributed by atoms with Crippen molar-refractivity contribution in [1.82, 2.24) is 10.1 Å². The van der Waals surface area contributed by atoms with E-state index in [1.54, 1.807) is 12.1 Å². The number of anilines is 1. The van der Waals surface area contributed by atoms with Gasteiger partial charge in [0.1, 0.15) is 0 Å². The third-order valence-electron chi connectivity index (χ3n) is 3.99. The van der Waals surface area contributed by atoms with E-state index >= 15 is 0 Å². The number of aromatic nitrogens is 2. The van der Waals surface area contributed by atoms with Crippen molar-refractivity contribution in [3.05, 3.63) is 29.0 Å². The summed E-state index contributed by atoms with van der Waals surface area (Å²) < 4.78 is 5.37. The number of nitrogens with two attached hydrogens (primary N) is 1. The summed E-state index contributed by atoms with van der Waals surface area (Å²) in [7, 11) is 0. The number of hydrogen-bond donors (Lipinski definition) is 1. The Morgan fingerprint density at radius 1 is 1.35 bits per heavy atom. The first kappa shape index (κ1) is 13.4. The molecule has 0 aliphatic heterocycles. The van der Waals surface area contributed by atoms with E-state index in [0.29, 0.717) is 22.5 Å². The highest BCUT2D eigenvalue weighted by Crippen LogP contribution is 2.35. The summed E-state index contributed by atoms with van der Waals surface area (Å²) in [5.74, 6) is 2.49. The van der Waals surface area contributed by atoms with E-state index in [0.717, 1.165) is 30.1 Å². The van der Waals surface area contributed by atoms with Crippen LogP contribution in [0, 0.1) is 5.92 Å². The Kier molecular flexibility index (Phi) is 3.66. The van der Waals surface area contributed by atoms with Crippen molar-refractivity contribution < 1.29 is 4.52 Å². The van der Waals surface area contributed by atoms with E-state index in [1.807, 2.05) is 6.07 Å². The zero-order valence-corrected chi connectivity index (χ0v) is 12.2. The molecule has 0 spiro atoms. The van der Waals surface area contributed by atoms with Gasteiger partial charge in [-0.2, -0.15) is 4.98 Å². The summed E-state index contributed by atoms with van der Waals surface area (Å²) >= 11 is 6.02. The van der Waals surface area contributed by atoms with Gasteiger partial charge in [-0.15, -0.1) is 0 Å². The van der Waals surface area contributed by atoms with Gasteiger partial charge in [0.05, 0.1) is 10.7 Å². The molecule has 5 heteroatoms. The van der Waals surface area contributed by atoms with Crippen molar-refractivity contribution in [3.8, 4) is 11.5 Å². The quantitative estimate of drug-likeness (QED) is 0.839. The molecule has 4 nitrogen and oxygen atoms in total. The van der Waals surface area contributed by atoms with Crippen LogP contribution in [0.2, 0.25) is 5.02 Å². The van der Waals surface area contributed by atoms with Gasteiger partial charge >= 0.3 is 0 Å². The lowest BCUT2D eigenvalue weighted by Crippen LogP contribution is -2.12. The van der Waals surface area contributed by atoms with Crippen molar-refractivity contribution in [2.75, 3.05) is 5.73 Å². The standard InChI is InChI=1S/C15H18ClN3O/c1-9-3-2-4-10(7-9)14-18-15(20-19-14)11-5-6-13(17)12(16)8-11/h5-6,8-10H,2-4,7,17H2,1H3. The number of rotatable bonds is 2. The minimum absolute atomic E-state index is 0.417. The number of hydrogen-bond acceptors (Lipinski definition) is 4. The van der Waals surface area contributed by atoms with Crippen LogP contribution in [0.3, 0.4) is 0 Å². The lowest BCUT2D eigenvalue weighted by atomic mass is 9.82. The molecule has 2 aromatic rings. The maximum atomic E-state index is 6.02. The van der Waals surface area contributed by atoms with Gasteiger partial charge in [0.15, 0.2) is 5.82 Å². The Morgan fingerprint density at radius 2 is 2.20 bits per heavy atom. The molecule has 1 aromatic heterocycles. The molecular weight excluding hydrogens is 274 g/mol. The molecule has 0 saturated heterocycles. The largest absolute Gasteiger partial charge is 0.398 e. The molecule has 0 amide bonds. The monoisotopic (exact) mass is 291 g/mol. The molecule has 1 fully saturated rings. The van der Waals surface area contributed by atoms with Crippen LogP contribution in [0.25, 0.3) is 11.5 Å². The van der Waals surface area contributed by atoms with E-state index in [4.69, 9.17) is 21.9 Å². The van der Waals surface area contributed by atoms with Gasteiger partial charge in [-0.1, -0.05) is 36.5 Å². The van der Waals surface area contributed by atoms with Crippen molar-refractivity contribution in [2.45, 2.75) is 38.5 Å². The Hall–Kier alpha value is -1.55. The van der Waals surface area contributed by atoms with E-state index in [2.05, 4.69) is 17.1 Å². The Morgan fingerprint density at radius 3 is 2.95 bits per heavy atom. The number of nitrogens with zero attached hydrogens (tertiary/aromatic N) is 2. The second-order valence-corrected chi connectivity index (χ2v) is 6.07. The third-order valence-corrected chi connectivity index (χ3v) is 4.32. The van der Waals surface area contributed by atoms with Crippen LogP contribution in [0.5, 0.6) is 0 Å². The molecule has 1 aromatic carbocycles. The summed E-state index contributed by atoms with van der Waals surface area (Å²) in [5, 5.41) is 4.65. The second-order valence-electron chi connectivity index (χ2n) is 5.66. The lowest BCUT2D eigenvalue weighted by Gasteiger charge is -2.23. The van der Waals surface area contributed by atoms with Gasteiger partial charge in [0.25, 0.3) is 5.89 Å². The van der Waals surface area contributed by atoms with Crippen LogP contribution in [-0.4, -0.2) is 10.1 Å². The van der Waals surface area contributed by atoms with Crippen LogP contribution in [-0.2, 0) is 0 Å². The zero-order chi connectivity index (χ0) is 14.1. The van der Waals surface area contributed by atoms with Crippen LogP contribution in [0.15, 0.2) is 22.7 Å². The predicted molar refractivity (Wildman–Crippen MR) is 79.5 cm³/mol. The van der Waals surface area contributed by atoms with E-state index in [9.17, 15) is 0 Å². The second kappa shape index (κ2) is 5.44. The van der Waals surface area contributed by atoms with Crippen molar-refractivity contribution in [2.24, 2.45) is 5.92 Å². The number of benzene rings is 1. The summed E-state index contributed by atoms with van der Waals surface area (Å²) in [6.07, 6.45) is 4.82. The third kappa shape index (κ3) is 2.66.